The summed E-state index contributed by atoms with van der Waals surface area (Å²) in [6.07, 6.45) is 1.09. The highest BCUT2D eigenvalue weighted by Gasteiger charge is 2.13. The van der Waals surface area contributed by atoms with Gasteiger partial charge in [-0.3, -0.25) is 9.59 Å². The van der Waals surface area contributed by atoms with Gasteiger partial charge in [-0.05, 0) is 26.8 Å². The zero-order valence-corrected chi connectivity index (χ0v) is 9.58. The fourth-order valence-electron chi connectivity index (χ4n) is 1.21. The molecule has 0 saturated carbocycles. The maximum Gasteiger partial charge on any atom is 0.239 e. The third kappa shape index (κ3) is 6.06. The second-order valence-electron chi connectivity index (χ2n) is 3.25. The van der Waals surface area contributed by atoms with Crippen LogP contribution in [0.4, 0.5) is 0 Å². The zero-order chi connectivity index (χ0) is 11.7. The Labute approximate surface area is 91.0 Å². The third-order valence-electron chi connectivity index (χ3n) is 2.04. The van der Waals surface area contributed by atoms with Crippen LogP contribution in [0, 0.1) is 0 Å². The van der Waals surface area contributed by atoms with Gasteiger partial charge in [0, 0.05) is 19.5 Å². The van der Waals surface area contributed by atoms with E-state index in [1.807, 2.05) is 13.8 Å². The first-order chi connectivity index (χ1) is 7.15. The van der Waals surface area contributed by atoms with Gasteiger partial charge in [0.05, 0.1) is 6.54 Å². The molecule has 0 rings (SSSR count). The van der Waals surface area contributed by atoms with Crippen LogP contribution in [0.25, 0.3) is 0 Å². The van der Waals surface area contributed by atoms with Crippen molar-refractivity contribution >= 4 is 11.8 Å². The molecule has 0 bridgehead atoms. The van der Waals surface area contributed by atoms with Gasteiger partial charge in [0.1, 0.15) is 0 Å². The van der Waals surface area contributed by atoms with Crippen molar-refractivity contribution in [1.82, 2.24) is 10.2 Å². The quantitative estimate of drug-likeness (QED) is 0.613. The average Bonchev–Trinajstić information content (AvgIpc) is 2.22. The molecule has 0 aliphatic heterocycles. The number of hydrogen-bond acceptors (Lipinski definition) is 3. The van der Waals surface area contributed by atoms with E-state index in [9.17, 15) is 9.59 Å². The molecule has 0 heterocycles. The van der Waals surface area contributed by atoms with Crippen LogP contribution >= 0.6 is 0 Å². The number of nitrogens with two attached hydrogens (primary N) is 1. The summed E-state index contributed by atoms with van der Waals surface area (Å²) in [5.41, 5.74) is 5.32. The van der Waals surface area contributed by atoms with Gasteiger partial charge in [-0.15, -0.1) is 0 Å². The molecule has 0 fully saturated rings. The first-order valence-electron chi connectivity index (χ1n) is 5.40. The second kappa shape index (κ2) is 8.23. The van der Waals surface area contributed by atoms with Crippen LogP contribution < -0.4 is 11.1 Å². The lowest BCUT2D eigenvalue weighted by molar-refractivity contribution is -0.135. The monoisotopic (exact) mass is 215 g/mol. The van der Waals surface area contributed by atoms with Crippen molar-refractivity contribution in [2.24, 2.45) is 5.73 Å². The summed E-state index contributed by atoms with van der Waals surface area (Å²) in [4.78, 5) is 24.4. The van der Waals surface area contributed by atoms with Crippen molar-refractivity contribution in [2.45, 2.75) is 26.7 Å². The minimum absolute atomic E-state index is 0.00537. The van der Waals surface area contributed by atoms with Crippen LogP contribution in [0.3, 0.4) is 0 Å². The molecule has 0 aliphatic rings. The molecule has 0 saturated heterocycles. The van der Waals surface area contributed by atoms with E-state index in [1.165, 1.54) is 0 Å². The molecule has 0 spiro atoms. The van der Waals surface area contributed by atoms with Gasteiger partial charge < -0.3 is 16.0 Å². The summed E-state index contributed by atoms with van der Waals surface area (Å²) in [7, 11) is 0. The highest BCUT2D eigenvalue weighted by molar-refractivity contribution is 5.84. The number of carbonyl (C=O) groups is 2. The molecule has 5 nitrogen and oxygen atoms in total. The predicted molar refractivity (Wildman–Crippen MR) is 59.2 cm³/mol. The summed E-state index contributed by atoms with van der Waals surface area (Å²) in [5, 5.41) is 2.66. The molecule has 0 aliphatic carbocycles. The van der Waals surface area contributed by atoms with Crippen molar-refractivity contribution in [3.05, 3.63) is 0 Å². The van der Waals surface area contributed by atoms with E-state index in [0.29, 0.717) is 32.5 Å². The van der Waals surface area contributed by atoms with E-state index in [-0.39, 0.29) is 18.4 Å². The molecular formula is C10H21N3O2. The predicted octanol–water partition coefficient (Wildman–Crippen LogP) is -0.290. The Kier molecular flexibility index (Phi) is 7.62. The minimum Gasteiger partial charge on any atom is -0.355 e. The van der Waals surface area contributed by atoms with E-state index in [0.717, 1.165) is 0 Å². The summed E-state index contributed by atoms with van der Waals surface area (Å²) in [6.45, 7) is 5.51. The van der Waals surface area contributed by atoms with E-state index in [2.05, 4.69) is 5.32 Å². The largest absolute Gasteiger partial charge is 0.355 e. The Morgan fingerprint density at radius 3 is 2.47 bits per heavy atom. The summed E-state index contributed by atoms with van der Waals surface area (Å²) in [5.74, 6) is -0.116. The Hall–Kier alpha value is -1.10. The normalized spacial score (nSPS) is 9.80. The lowest BCUT2D eigenvalue weighted by atomic mass is 10.2. The van der Waals surface area contributed by atoms with Gasteiger partial charge in [0.15, 0.2) is 0 Å². The number of amides is 2. The van der Waals surface area contributed by atoms with Crippen molar-refractivity contribution in [2.75, 3.05) is 26.2 Å². The zero-order valence-electron chi connectivity index (χ0n) is 9.58. The molecule has 2 amide bonds. The molecule has 0 radical (unpaired) electrons. The lowest BCUT2D eigenvalue weighted by Gasteiger charge is -2.19. The van der Waals surface area contributed by atoms with Crippen LogP contribution in [0.1, 0.15) is 26.7 Å². The topological polar surface area (TPSA) is 75.4 Å². The van der Waals surface area contributed by atoms with Crippen LogP contribution in [-0.4, -0.2) is 42.9 Å². The van der Waals surface area contributed by atoms with Gasteiger partial charge in [0.2, 0.25) is 11.8 Å². The number of hydrogen-bond donors (Lipinski definition) is 2. The maximum absolute atomic E-state index is 11.6. The Morgan fingerprint density at radius 2 is 2.00 bits per heavy atom. The summed E-state index contributed by atoms with van der Waals surface area (Å²) >= 11 is 0. The smallest absolute Gasteiger partial charge is 0.239 e. The fraction of sp³-hybridized carbons (Fsp3) is 0.800. The van der Waals surface area contributed by atoms with Crippen LogP contribution in [0.2, 0.25) is 0 Å². The fourth-order valence-corrected chi connectivity index (χ4v) is 1.21. The van der Waals surface area contributed by atoms with Gasteiger partial charge in [0.25, 0.3) is 0 Å². The molecule has 88 valence electrons. The lowest BCUT2D eigenvalue weighted by Crippen LogP contribution is -2.40. The van der Waals surface area contributed by atoms with Crippen molar-refractivity contribution in [3.63, 3.8) is 0 Å². The second-order valence-corrected chi connectivity index (χ2v) is 3.25. The van der Waals surface area contributed by atoms with E-state index >= 15 is 0 Å². The number of likely N-dealkylation sites (N-methyl/N-ethyl adjacent to an activating group) is 2. The highest BCUT2D eigenvalue weighted by Crippen LogP contribution is 1.96. The molecule has 0 aromatic rings. The van der Waals surface area contributed by atoms with Gasteiger partial charge in [-0.1, -0.05) is 0 Å². The standard InChI is InChI=1S/C10H21N3O2/c1-3-12-9(14)8-13(4-2)10(15)6-5-7-11/h3-8,11H2,1-2H3,(H,12,14). The van der Waals surface area contributed by atoms with E-state index in [4.69, 9.17) is 5.73 Å². The van der Waals surface area contributed by atoms with Gasteiger partial charge in [-0.25, -0.2) is 0 Å². The number of nitrogens with one attached hydrogen (secondary N) is 1. The molecule has 0 aromatic carbocycles. The summed E-state index contributed by atoms with van der Waals surface area (Å²) < 4.78 is 0. The molecular weight excluding hydrogens is 194 g/mol. The number of carbonyl (C=O) groups excluding carboxylic acids is 2. The maximum atomic E-state index is 11.6. The van der Waals surface area contributed by atoms with Crippen LogP contribution in [0.15, 0.2) is 0 Å². The SMILES string of the molecule is CCNC(=O)CN(CC)C(=O)CCCN. The Bertz CT molecular complexity index is 207. The number of nitrogens with zero attached hydrogens (tertiary/aromatic N) is 1. The Morgan fingerprint density at radius 1 is 1.33 bits per heavy atom. The first-order valence-corrected chi connectivity index (χ1v) is 5.40. The van der Waals surface area contributed by atoms with Crippen LogP contribution in [0.5, 0.6) is 0 Å². The first kappa shape index (κ1) is 13.9. The van der Waals surface area contributed by atoms with Gasteiger partial charge >= 0.3 is 0 Å². The minimum atomic E-state index is -0.111. The van der Waals surface area contributed by atoms with Crippen molar-refractivity contribution < 1.29 is 9.59 Å². The highest BCUT2D eigenvalue weighted by atomic mass is 16.2. The van der Waals surface area contributed by atoms with E-state index in [1.54, 1.807) is 4.90 Å². The molecule has 3 N–H and O–H groups in total. The van der Waals surface area contributed by atoms with Crippen LogP contribution in [-0.2, 0) is 9.59 Å². The number of rotatable bonds is 7. The molecule has 5 heteroatoms. The average molecular weight is 215 g/mol. The third-order valence-corrected chi connectivity index (χ3v) is 2.04. The molecule has 15 heavy (non-hydrogen) atoms. The molecule has 0 unspecified atom stereocenters. The van der Waals surface area contributed by atoms with E-state index < -0.39 is 0 Å². The van der Waals surface area contributed by atoms with Crippen molar-refractivity contribution in [1.29, 1.82) is 0 Å². The summed E-state index contributed by atoms with van der Waals surface area (Å²) in [6, 6.07) is 0. The molecule has 0 aromatic heterocycles. The molecule has 0 atom stereocenters. The Balaban J connectivity index is 4.00. The van der Waals surface area contributed by atoms with Gasteiger partial charge in [-0.2, -0.15) is 0 Å². The van der Waals surface area contributed by atoms with Crippen molar-refractivity contribution in [3.8, 4) is 0 Å².